The third-order valence-corrected chi connectivity index (χ3v) is 3.73. The Kier molecular flexibility index (Phi) is 3.23. The molecule has 3 heterocycles. The van der Waals surface area contributed by atoms with Gasteiger partial charge in [-0.25, -0.2) is 0 Å². The van der Waals surface area contributed by atoms with Crippen LogP contribution in [0.3, 0.4) is 0 Å². The van der Waals surface area contributed by atoms with Crippen molar-refractivity contribution >= 4 is 0 Å². The minimum Gasteiger partial charge on any atom is -0.320 e. The topological polar surface area (TPSA) is 16.5 Å². The fraction of sp³-hybridized carbons (Fsp3) is 1.00. The molecule has 3 rings (SSSR count). The molecule has 2 N–H and O–H groups in total. The lowest BCUT2D eigenvalue weighted by Gasteiger charge is -2.42. The van der Waals surface area contributed by atoms with E-state index in [0.29, 0.717) is 0 Å². The van der Waals surface area contributed by atoms with Gasteiger partial charge in [0.25, 0.3) is 0 Å². The second kappa shape index (κ2) is 4.43. The number of hydrogen-bond donors (Lipinski definition) is 2. The Balaban J connectivity index is 1.74. The lowest BCUT2D eigenvalue weighted by molar-refractivity contribution is -0.945. The summed E-state index contributed by atoms with van der Waals surface area (Å²) in [6.07, 6.45) is 7.88. The van der Waals surface area contributed by atoms with E-state index >= 15 is 0 Å². The van der Waals surface area contributed by atoms with Crippen LogP contribution in [0.5, 0.6) is 0 Å². The van der Waals surface area contributed by atoms with Gasteiger partial charge in [-0.15, -0.1) is 0 Å². The number of nitrogens with one attached hydrogen (secondary N) is 2. The molecule has 76 valence electrons. The number of piperidine rings is 3. The summed E-state index contributed by atoms with van der Waals surface area (Å²) in [6, 6.07) is 0. The van der Waals surface area contributed by atoms with E-state index in [1.165, 1.54) is 51.7 Å². The van der Waals surface area contributed by atoms with Crippen molar-refractivity contribution in [2.45, 2.75) is 45.2 Å². The number of quaternary nitrogens is 1. The highest BCUT2D eigenvalue weighted by atomic mass is 15.3. The van der Waals surface area contributed by atoms with Gasteiger partial charge in [0.15, 0.2) is 0 Å². The predicted octanol–water partition coefficient (Wildman–Crippen LogP) is 0.401. The first kappa shape index (κ1) is 9.47. The molecule has 1 atom stereocenters. The zero-order valence-corrected chi connectivity index (χ0v) is 8.81. The molecule has 3 aliphatic rings. The van der Waals surface area contributed by atoms with Gasteiger partial charge >= 0.3 is 0 Å². The second-order valence-electron chi connectivity index (χ2n) is 4.70. The largest absolute Gasteiger partial charge is 0.320 e. The smallest absolute Gasteiger partial charge is 0.141 e. The quantitative estimate of drug-likeness (QED) is 0.603. The van der Waals surface area contributed by atoms with Crippen LogP contribution in [0, 0.1) is 5.92 Å². The molecular weight excluding hydrogens is 160 g/mol. The number of fused-ring (bicyclic) bond motifs is 3. The molecule has 0 aliphatic carbocycles. The molecule has 3 saturated heterocycles. The minimum atomic E-state index is 0.805. The first-order valence-electron chi connectivity index (χ1n) is 5.98. The Labute approximate surface area is 81.7 Å². The highest BCUT2D eigenvalue weighted by Gasteiger charge is 2.36. The van der Waals surface area contributed by atoms with E-state index in [9.17, 15) is 0 Å². The van der Waals surface area contributed by atoms with E-state index in [1.54, 1.807) is 0 Å². The van der Waals surface area contributed by atoms with Gasteiger partial charge in [0.1, 0.15) is 6.17 Å². The molecule has 13 heavy (non-hydrogen) atoms. The van der Waals surface area contributed by atoms with Gasteiger partial charge in [-0.05, 0) is 25.2 Å². The lowest BCUT2D eigenvalue weighted by atomic mass is 9.86. The Morgan fingerprint density at radius 1 is 1.31 bits per heavy atom. The molecule has 2 heteroatoms. The fourth-order valence-electron chi connectivity index (χ4n) is 2.81. The number of rotatable bonds is 4. The Bertz CT molecular complexity index is 150. The molecular formula is C11H23N2+. The van der Waals surface area contributed by atoms with E-state index < -0.39 is 0 Å². The lowest BCUT2D eigenvalue weighted by Crippen LogP contribution is -3.20. The van der Waals surface area contributed by atoms with Crippen LogP contribution in [-0.4, -0.2) is 25.8 Å². The molecule has 0 spiro atoms. The maximum Gasteiger partial charge on any atom is 0.141 e. The molecule has 0 saturated carbocycles. The zero-order valence-electron chi connectivity index (χ0n) is 8.81. The van der Waals surface area contributed by atoms with Gasteiger partial charge in [-0.1, -0.05) is 13.3 Å². The van der Waals surface area contributed by atoms with Crippen molar-refractivity contribution in [2.24, 2.45) is 5.92 Å². The molecule has 0 radical (unpaired) electrons. The van der Waals surface area contributed by atoms with E-state index in [2.05, 4.69) is 12.2 Å². The summed E-state index contributed by atoms with van der Waals surface area (Å²) in [7, 11) is 0. The summed E-state index contributed by atoms with van der Waals surface area (Å²) < 4.78 is 0. The average Bonchev–Trinajstić information content (AvgIpc) is 2.20. The van der Waals surface area contributed by atoms with Crippen LogP contribution in [0.2, 0.25) is 0 Å². The molecule has 0 aromatic rings. The maximum atomic E-state index is 3.72. The first-order chi connectivity index (χ1) is 6.40. The highest BCUT2D eigenvalue weighted by molar-refractivity contribution is 4.73. The third kappa shape index (κ3) is 2.23. The van der Waals surface area contributed by atoms with Crippen molar-refractivity contribution in [3.8, 4) is 0 Å². The molecule has 1 unspecified atom stereocenters. The first-order valence-corrected chi connectivity index (χ1v) is 5.98. The van der Waals surface area contributed by atoms with E-state index in [0.717, 1.165) is 12.1 Å². The van der Waals surface area contributed by atoms with Crippen LogP contribution >= 0.6 is 0 Å². The van der Waals surface area contributed by atoms with Gasteiger partial charge in [0, 0.05) is 13.0 Å². The zero-order chi connectivity index (χ0) is 9.10. The molecule has 0 aromatic carbocycles. The molecule has 0 aromatic heterocycles. The van der Waals surface area contributed by atoms with Gasteiger partial charge < -0.3 is 4.90 Å². The standard InChI is InChI=1S/C11H22N2/c1-2-3-6-12-11-9-10-4-7-13(11)8-5-10/h10-12H,2-9H2,1H3/p+1. The molecule has 2 nitrogen and oxygen atoms in total. The van der Waals surface area contributed by atoms with Crippen LogP contribution in [0.15, 0.2) is 0 Å². The van der Waals surface area contributed by atoms with Crippen LogP contribution in [0.4, 0.5) is 0 Å². The fourth-order valence-corrected chi connectivity index (χ4v) is 2.81. The van der Waals surface area contributed by atoms with Crippen molar-refractivity contribution in [1.29, 1.82) is 0 Å². The Hall–Kier alpha value is -0.0800. The molecule has 0 amide bonds. The summed E-state index contributed by atoms with van der Waals surface area (Å²) in [5.41, 5.74) is 0. The number of unbranched alkanes of at least 4 members (excludes halogenated alkanes) is 1. The van der Waals surface area contributed by atoms with Gasteiger partial charge in [-0.2, -0.15) is 0 Å². The summed E-state index contributed by atoms with van der Waals surface area (Å²) in [5, 5.41) is 3.72. The van der Waals surface area contributed by atoms with Crippen molar-refractivity contribution < 1.29 is 4.90 Å². The summed E-state index contributed by atoms with van der Waals surface area (Å²) >= 11 is 0. The molecule has 3 fully saturated rings. The van der Waals surface area contributed by atoms with E-state index in [-0.39, 0.29) is 0 Å². The Morgan fingerprint density at radius 2 is 2.08 bits per heavy atom. The monoisotopic (exact) mass is 183 g/mol. The van der Waals surface area contributed by atoms with Crippen LogP contribution < -0.4 is 10.2 Å². The second-order valence-corrected chi connectivity index (χ2v) is 4.70. The van der Waals surface area contributed by atoms with Gasteiger partial charge in [-0.3, -0.25) is 5.32 Å². The van der Waals surface area contributed by atoms with Crippen LogP contribution in [0.1, 0.15) is 39.0 Å². The molecule has 3 aliphatic heterocycles. The third-order valence-electron chi connectivity index (χ3n) is 3.73. The maximum absolute atomic E-state index is 3.72. The molecule has 2 bridgehead atoms. The minimum absolute atomic E-state index is 0.805. The van der Waals surface area contributed by atoms with Gasteiger partial charge in [0.2, 0.25) is 0 Å². The van der Waals surface area contributed by atoms with Crippen LogP contribution in [-0.2, 0) is 0 Å². The summed E-state index contributed by atoms with van der Waals surface area (Å²) in [4.78, 5) is 1.83. The SMILES string of the molecule is CCCCNC1CC2CC[NH+]1CC2. The van der Waals surface area contributed by atoms with Crippen molar-refractivity contribution in [1.82, 2.24) is 5.32 Å². The highest BCUT2D eigenvalue weighted by Crippen LogP contribution is 2.19. The van der Waals surface area contributed by atoms with Crippen molar-refractivity contribution in [3.63, 3.8) is 0 Å². The van der Waals surface area contributed by atoms with Crippen LogP contribution in [0.25, 0.3) is 0 Å². The Morgan fingerprint density at radius 3 is 2.62 bits per heavy atom. The normalized spacial score (nSPS) is 38.1. The van der Waals surface area contributed by atoms with E-state index in [4.69, 9.17) is 0 Å². The van der Waals surface area contributed by atoms with Gasteiger partial charge in [0.05, 0.1) is 13.1 Å². The number of hydrogen-bond acceptors (Lipinski definition) is 1. The average molecular weight is 183 g/mol. The predicted molar refractivity (Wildman–Crippen MR) is 54.7 cm³/mol. The van der Waals surface area contributed by atoms with Crippen molar-refractivity contribution in [2.75, 3.05) is 19.6 Å². The summed E-state index contributed by atoms with van der Waals surface area (Å²) in [5.74, 6) is 1.05. The summed E-state index contributed by atoms with van der Waals surface area (Å²) in [6.45, 7) is 6.35. The van der Waals surface area contributed by atoms with E-state index in [1.807, 2.05) is 4.90 Å². The van der Waals surface area contributed by atoms with Crippen molar-refractivity contribution in [3.05, 3.63) is 0 Å².